The summed E-state index contributed by atoms with van der Waals surface area (Å²) in [5, 5.41) is 13.7. The van der Waals surface area contributed by atoms with Gasteiger partial charge in [0.1, 0.15) is 5.82 Å². The van der Waals surface area contributed by atoms with Crippen molar-refractivity contribution in [3.63, 3.8) is 0 Å². The fraction of sp³-hybridized carbons (Fsp3) is 0.0833. The predicted molar refractivity (Wildman–Crippen MR) is 125 cm³/mol. The van der Waals surface area contributed by atoms with E-state index in [2.05, 4.69) is 20.3 Å². The van der Waals surface area contributed by atoms with Crippen LogP contribution in [0.4, 0.5) is 4.39 Å². The molecular formula is C24H17ClFN5OS. The normalized spacial score (nSPS) is 11.1. The van der Waals surface area contributed by atoms with E-state index in [1.807, 2.05) is 48.5 Å². The summed E-state index contributed by atoms with van der Waals surface area (Å²) >= 11 is 7.72. The van der Waals surface area contributed by atoms with Gasteiger partial charge in [-0.2, -0.15) is 4.98 Å². The molecule has 0 spiro atoms. The zero-order valence-electron chi connectivity index (χ0n) is 17.2. The van der Waals surface area contributed by atoms with Crippen LogP contribution in [0, 0.1) is 5.82 Å². The summed E-state index contributed by atoms with van der Waals surface area (Å²) in [6.07, 6.45) is 0.580. The van der Waals surface area contributed by atoms with Crippen molar-refractivity contribution in [2.75, 3.05) is 0 Å². The minimum Gasteiger partial charge on any atom is -0.338 e. The van der Waals surface area contributed by atoms with Gasteiger partial charge in [-0.25, -0.2) is 4.39 Å². The van der Waals surface area contributed by atoms with Crippen LogP contribution in [0.15, 0.2) is 88.5 Å². The van der Waals surface area contributed by atoms with Crippen LogP contribution in [0.3, 0.4) is 0 Å². The van der Waals surface area contributed by atoms with E-state index in [1.54, 1.807) is 28.8 Å². The Labute approximate surface area is 198 Å². The lowest BCUT2D eigenvalue weighted by molar-refractivity contribution is 0.385. The molecule has 5 aromatic rings. The number of nitrogens with zero attached hydrogens (tertiary/aromatic N) is 5. The quantitative estimate of drug-likeness (QED) is 0.268. The predicted octanol–water partition coefficient (Wildman–Crippen LogP) is 5.99. The van der Waals surface area contributed by atoms with E-state index in [1.165, 1.54) is 17.8 Å². The molecular weight excluding hydrogens is 461 g/mol. The number of para-hydroxylation sites is 1. The first-order valence-corrected chi connectivity index (χ1v) is 11.5. The van der Waals surface area contributed by atoms with Crippen LogP contribution in [0.1, 0.15) is 17.3 Å². The fourth-order valence-corrected chi connectivity index (χ4v) is 4.36. The highest BCUT2D eigenvalue weighted by atomic mass is 35.5. The molecule has 164 valence electrons. The SMILES string of the molecule is Fc1ccccc1-n1c(SCc2nc(Cc3ccccc3)no2)nnc1-c1ccccc1Cl. The van der Waals surface area contributed by atoms with Crippen LogP contribution < -0.4 is 0 Å². The number of rotatable bonds is 7. The van der Waals surface area contributed by atoms with E-state index in [0.717, 1.165) is 5.56 Å². The van der Waals surface area contributed by atoms with Gasteiger partial charge in [-0.3, -0.25) is 4.57 Å². The molecule has 9 heteroatoms. The molecule has 0 aliphatic heterocycles. The zero-order chi connectivity index (χ0) is 22.6. The molecule has 0 unspecified atom stereocenters. The third kappa shape index (κ3) is 4.67. The van der Waals surface area contributed by atoms with Gasteiger partial charge in [-0.1, -0.05) is 83.1 Å². The largest absolute Gasteiger partial charge is 0.338 e. The summed E-state index contributed by atoms with van der Waals surface area (Å²) in [5.41, 5.74) is 2.08. The second-order valence-electron chi connectivity index (χ2n) is 7.13. The van der Waals surface area contributed by atoms with Crippen LogP contribution in [-0.2, 0) is 12.2 Å². The van der Waals surface area contributed by atoms with Crippen LogP contribution in [0.2, 0.25) is 5.02 Å². The zero-order valence-corrected chi connectivity index (χ0v) is 18.8. The van der Waals surface area contributed by atoms with Gasteiger partial charge in [0.2, 0.25) is 5.89 Å². The Morgan fingerprint density at radius 1 is 0.909 bits per heavy atom. The fourth-order valence-electron chi connectivity index (χ4n) is 3.36. The van der Waals surface area contributed by atoms with Crippen molar-refractivity contribution in [2.45, 2.75) is 17.3 Å². The van der Waals surface area contributed by atoms with Gasteiger partial charge >= 0.3 is 0 Å². The van der Waals surface area contributed by atoms with Gasteiger partial charge in [0, 0.05) is 12.0 Å². The third-order valence-corrected chi connectivity index (χ3v) is 6.12. The lowest BCUT2D eigenvalue weighted by Gasteiger charge is -2.11. The molecule has 5 rings (SSSR count). The lowest BCUT2D eigenvalue weighted by Crippen LogP contribution is -2.02. The maximum Gasteiger partial charge on any atom is 0.237 e. The Kier molecular flexibility index (Phi) is 6.19. The van der Waals surface area contributed by atoms with Crippen LogP contribution in [0.25, 0.3) is 17.1 Å². The number of benzene rings is 3. The summed E-state index contributed by atoms with van der Waals surface area (Å²) in [6, 6.07) is 23.7. The van der Waals surface area contributed by atoms with Crippen molar-refractivity contribution < 1.29 is 8.91 Å². The first-order valence-electron chi connectivity index (χ1n) is 10.1. The summed E-state index contributed by atoms with van der Waals surface area (Å²) in [7, 11) is 0. The standard InChI is InChI=1S/C24H17ClFN5OS/c25-18-11-5-4-10-17(18)23-28-29-24(31(23)20-13-7-6-12-19(20)26)33-15-22-27-21(30-32-22)14-16-8-2-1-3-9-16/h1-13H,14-15H2. The van der Waals surface area contributed by atoms with E-state index in [9.17, 15) is 4.39 Å². The topological polar surface area (TPSA) is 69.6 Å². The summed E-state index contributed by atoms with van der Waals surface area (Å²) < 4.78 is 21.8. The first-order chi connectivity index (χ1) is 16.2. The Hall–Kier alpha value is -3.49. The summed E-state index contributed by atoms with van der Waals surface area (Å²) in [6.45, 7) is 0. The number of hydrogen-bond acceptors (Lipinski definition) is 6. The van der Waals surface area contributed by atoms with Gasteiger partial charge in [0.15, 0.2) is 16.8 Å². The van der Waals surface area contributed by atoms with Gasteiger partial charge in [-0.15, -0.1) is 10.2 Å². The molecule has 0 aliphatic rings. The van der Waals surface area contributed by atoms with Gasteiger partial charge in [-0.05, 0) is 29.8 Å². The van der Waals surface area contributed by atoms with E-state index >= 15 is 0 Å². The monoisotopic (exact) mass is 477 g/mol. The summed E-state index contributed by atoms with van der Waals surface area (Å²) in [4.78, 5) is 4.47. The maximum absolute atomic E-state index is 14.7. The molecule has 0 saturated carbocycles. The minimum atomic E-state index is -0.393. The van der Waals surface area contributed by atoms with Crippen molar-refractivity contribution >= 4 is 23.4 Å². The molecule has 0 radical (unpaired) electrons. The Morgan fingerprint density at radius 3 is 2.48 bits per heavy atom. The van der Waals surface area contributed by atoms with E-state index in [4.69, 9.17) is 16.1 Å². The lowest BCUT2D eigenvalue weighted by atomic mass is 10.1. The average Bonchev–Trinajstić information content (AvgIpc) is 3.46. The van der Waals surface area contributed by atoms with Crippen LogP contribution in [0.5, 0.6) is 0 Å². The molecule has 3 aromatic carbocycles. The van der Waals surface area contributed by atoms with Crippen LogP contribution in [-0.4, -0.2) is 24.9 Å². The molecule has 0 aliphatic carbocycles. The molecule has 0 bridgehead atoms. The van der Waals surface area contributed by atoms with Crippen molar-refractivity contribution in [1.82, 2.24) is 24.9 Å². The highest BCUT2D eigenvalue weighted by molar-refractivity contribution is 7.98. The smallest absolute Gasteiger partial charge is 0.237 e. The first kappa shape index (κ1) is 21.4. The van der Waals surface area contributed by atoms with Gasteiger partial charge in [0.05, 0.1) is 16.5 Å². The molecule has 0 atom stereocenters. The minimum absolute atomic E-state index is 0.329. The molecule has 6 nitrogen and oxygen atoms in total. The number of thioether (sulfide) groups is 1. The van der Waals surface area contributed by atoms with Crippen molar-refractivity contribution in [3.8, 4) is 17.1 Å². The Bertz CT molecular complexity index is 1390. The molecule has 0 saturated heterocycles. The van der Waals surface area contributed by atoms with Crippen molar-refractivity contribution in [2.24, 2.45) is 0 Å². The molecule has 2 aromatic heterocycles. The molecule has 0 N–H and O–H groups in total. The number of halogens is 2. The highest BCUT2D eigenvalue weighted by Crippen LogP contribution is 2.33. The van der Waals surface area contributed by atoms with E-state index < -0.39 is 5.82 Å². The second kappa shape index (κ2) is 9.56. The second-order valence-corrected chi connectivity index (χ2v) is 8.48. The number of hydrogen-bond donors (Lipinski definition) is 0. The molecule has 0 fully saturated rings. The van der Waals surface area contributed by atoms with Crippen LogP contribution >= 0.6 is 23.4 Å². The van der Waals surface area contributed by atoms with Crippen molar-refractivity contribution in [1.29, 1.82) is 0 Å². The van der Waals surface area contributed by atoms with E-state index in [0.29, 0.717) is 51.1 Å². The third-order valence-electron chi connectivity index (χ3n) is 4.88. The maximum atomic E-state index is 14.7. The highest BCUT2D eigenvalue weighted by Gasteiger charge is 2.21. The average molecular weight is 478 g/mol. The van der Waals surface area contributed by atoms with E-state index in [-0.39, 0.29) is 0 Å². The molecule has 0 amide bonds. The van der Waals surface area contributed by atoms with Crippen molar-refractivity contribution in [3.05, 3.63) is 107 Å². The molecule has 33 heavy (non-hydrogen) atoms. The molecule has 2 heterocycles. The number of aromatic nitrogens is 5. The Morgan fingerprint density at radius 2 is 1.67 bits per heavy atom. The summed E-state index contributed by atoms with van der Waals surface area (Å²) in [5.74, 6) is 1.47. The Balaban J connectivity index is 1.43. The van der Waals surface area contributed by atoms with Gasteiger partial charge in [0.25, 0.3) is 0 Å². The van der Waals surface area contributed by atoms with Gasteiger partial charge < -0.3 is 4.52 Å².